The first-order valence-corrected chi connectivity index (χ1v) is 14.2. The Kier molecular flexibility index (Phi) is 7.91. The van der Waals surface area contributed by atoms with E-state index in [1.807, 2.05) is 35.2 Å². The minimum atomic E-state index is -1.10. The van der Waals surface area contributed by atoms with Crippen LogP contribution in [0.25, 0.3) is 0 Å². The summed E-state index contributed by atoms with van der Waals surface area (Å²) in [7, 11) is 0. The zero-order valence-corrected chi connectivity index (χ0v) is 22.3. The second kappa shape index (κ2) is 11.2. The Morgan fingerprint density at radius 3 is 2.63 bits per heavy atom. The van der Waals surface area contributed by atoms with E-state index in [9.17, 15) is 19.5 Å². The number of amides is 2. The third-order valence-corrected chi connectivity index (χ3v) is 9.07. The van der Waals surface area contributed by atoms with Crippen molar-refractivity contribution >= 4 is 17.8 Å². The van der Waals surface area contributed by atoms with Crippen LogP contribution in [0, 0.1) is 11.8 Å². The number of carbonyl (C=O) groups is 3. The molecule has 2 unspecified atom stereocenters. The molecule has 8 nitrogen and oxygen atoms in total. The number of hydrogen-bond acceptors (Lipinski definition) is 6. The van der Waals surface area contributed by atoms with Crippen LogP contribution in [0.5, 0.6) is 0 Å². The summed E-state index contributed by atoms with van der Waals surface area (Å²) < 4.78 is 11.9. The number of ether oxygens (including phenoxy) is 2. The predicted molar refractivity (Wildman–Crippen MR) is 141 cm³/mol. The van der Waals surface area contributed by atoms with Crippen molar-refractivity contribution in [2.24, 2.45) is 11.8 Å². The molecule has 4 fully saturated rings. The lowest BCUT2D eigenvalue weighted by molar-refractivity contribution is -0.156. The van der Waals surface area contributed by atoms with Gasteiger partial charge in [-0.1, -0.05) is 55.7 Å². The molecule has 3 aliphatic heterocycles. The average molecular weight is 525 g/mol. The van der Waals surface area contributed by atoms with E-state index in [4.69, 9.17) is 9.47 Å². The molecule has 3 saturated heterocycles. The van der Waals surface area contributed by atoms with Gasteiger partial charge in [-0.3, -0.25) is 14.4 Å². The van der Waals surface area contributed by atoms with Gasteiger partial charge in [0.1, 0.15) is 11.6 Å². The lowest BCUT2D eigenvalue weighted by Gasteiger charge is -2.42. The summed E-state index contributed by atoms with van der Waals surface area (Å²) in [6.45, 7) is 5.95. The van der Waals surface area contributed by atoms with E-state index in [2.05, 4.69) is 6.58 Å². The smallest absolute Gasteiger partial charge is 0.312 e. The summed E-state index contributed by atoms with van der Waals surface area (Å²) in [6, 6.07) is 8.20. The van der Waals surface area contributed by atoms with E-state index in [1.165, 1.54) is 0 Å². The van der Waals surface area contributed by atoms with Crippen molar-refractivity contribution in [3.05, 3.63) is 48.6 Å². The molecule has 1 aromatic carbocycles. The largest absolute Gasteiger partial charge is 0.466 e. The summed E-state index contributed by atoms with van der Waals surface area (Å²) in [5.74, 6) is -2.43. The van der Waals surface area contributed by atoms with Gasteiger partial charge in [0, 0.05) is 12.6 Å². The highest BCUT2D eigenvalue weighted by Crippen LogP contribution is 2.59. The van der Waals surface area contributed by atoms with Crippen molar-refractivity contribution in [2.45, 2.75) is 88.1 Å². The normalized spacial score (nSPS) is 31.2. The molecule has 1 N–H and O–H groups in total. The number of fused-ring (bicyclic) bond motifs is 1. The molecule has 1 aromatic rings. The van der Waals surface area contributed by atoms with E-state index in [1.54, 1.807) is 17.9 Å². The van der Waals surface area contributed by atoms with Gasteiger partial charge in [-0.2, -0.15) is 0 Å². The van der Waals surface area contributed by atoms with Crippen LogP contribution in [-0.4, -0.2) is 82.3 Å². The molecular formula is C30H40N2O6. The first-order valence-electron chi connectivity index (χ1n) is 14.2. The molecule has 206 valence electrons. The summed E-state index contributed by atoms with van der Waals surface area (Å²) in [5.41, 5.74) is -0.142. The molecule has 4 aliphatic rings. The second-order valence-electron chi connectivity index (χ2n) is 11.2. The number of esters is 1. The van der Waals surface area contributed by atoms with Crippen molar-refractivity contribution in [2.75, 3.05) is 19.8 Å². The van der Waals surface area contributed by atoms with Crippen LogP contribution >= 0.6 is 0 Å². The van der Waals surface area contributed by atoms with E-state index in [-0.39, 0.29) is 31.1 Å². The minimum Gasteiger partial charge on any atom is -0.466 e. The highest BCUT2D eigenvalue weighted by atomic mass is 16.6. The van der Waals surface area contributed by atoms with Crippen LogP contribution in [0.3, 0.4) is 0 Å². The van der Waals surface area contributed by atoms with Gasteiger partial charge in [0.05, 0.1) is 37.2 Å². The van der Waals surface area contributed by atoms with Crippen molar-refractivity contribution in [3.63, 3.8) is 0 Å². The van der Waals surface area contributed by atoms with Crippen LogP contribution in [-0.2, 0) is 30.3 Å². The Morgan fingerprint density at radius 2 is 1.97 bits per heavy atom. The van der Waals surface area contributed by atoms with Crippen molar-refractivity contribution in [1.29, 1.82) is 0 Å². The van der Waals surface area contributed by atoms with E-state index in [0.717, 1.165) is 37.7 Å². The maximum absolute atomic E-state index is 14.6. The van der Waals surface area contributed by atoms with Crippen LogP contribution in [0.4, 0.5) is 0 Å². The van der Waals surface area contributed by atoms with Gasteiger partial charge in [-0.25, -0.2) is 0 Å². The Hall–Kier alpha value is -2.71. The summed E-state index contributed by atoms with van der Waals surface area (Å²) in [4.78, 5) is 45.4. The molecule has 0 aromatic heterocycles. The van der Waals surface area contributed by atoms with Crippen molar-refractivity contribution in [1.82, 2.24) is 9.80 Å². The fourth-order valence-electron chi connectivity index (χ4n) is 7.51. The van der Waals surface area contributed by atoms with E-state index >= 15 is 0 Å². The van der Waals surface area contributed by atoms with Crippen LogP contribution in [0.1, 0.15) is 57.4 Å². The molecule has 8 heteroatoms. The number of rotatable bonds is 10. The summed E-state index contributed by atoms with van der Waals surface area (Å²) in [6.07, 6.45) is 7.92. The first-order chi connectivity index (χ1) is 18.5. The molecule has 1 spiro atoms. The zero-order chi connectivity index (χ0) is 26.9. The average Bonchev–Trinajstić information content (AvgIpc) is 3.58. The quantitative estimate of drug-likeness (QED) is 0.374. The molecule has 2 bridgehead atoms. The third kappa shape index (κ3) is 4.45. The van der Waals surface area contributed by atoms with Gasteiger partial charge in [-0.05, 0) is 44.6 Å². The molecular weight excluding hydrogens is 484 g/mol. The number of likely N-dealkylation sites (tertiary alicyclic amines) is 1. The van der Waals surface area contributed by atoms with Gasteiger partial charge in [0.2, 0.25) is 11.8 Å². The first kappa shape index (κ1) is 26.9. The maximum Gasteiger partial charge on any atom is 0.312 e. The van der Waals surface area contributed by atoms with Gasteiger partial charge in [0.15, 0.2) is 0 Å². The number of benzene rings is 1. The minimum absolute atomic E-state index is 0.0720. The fourth-order valence-corrected chi connectivity index (χ4v) is 7.51. The number of nitrogens with zero attached hydrogens (tertiary/aromatic N) is 2. The van der Waals surface area contributed by atoms with Gasteiger partial charge >= 0.3 is 5.97 Å². The number of aliphatic hydroxyl groups excluding tert-OH is 1. The highest BCUT2D eigenvalue weighted by molar-refractivity contribution is 5.98. The number of hydrogen-bond donors (Lipinski definition) is 1. The van der Waals surface area contributed by atoms with Gasteiger partial charge in [0.25, 0.3) is 0 Å². The second-order valence-corrected chi connectivity index (χ2v) is 11.2. The fraction of sp³-hybridized carbons (Fsp3) is 0.633. The predicted octanol–water partition coefficient (Wildman–Crippen LogP) is 2.88. The van der Waals surface area contributed by atoms with Crippen molar-refractivity contribution < 1.29 is 29.0 Å². The SMILES string of the molecule is C=CCN(C(=O)C1N([C@@H](CO)Cc2ccccc2)C(=O)[C@@H]2[C@H](C(=O)OCC)[C@@H]3CCC12O3)C1CCCCC1. The van der Waals surface area contributed by atoms with Crippen LogP contribution in [0.15, 0.2) is 43.0 Å². The molecule has 0 radical (unpaired) electrons. The standard InChI is InChI=1S/C30H40N2O6/c1-3-17-31(21-13-9-6-10-14-21)28(35)26-30-16-15-23(38-30)24(29(36)37-4-2)25(30)27(34)32(26)22(19-33)18-20-11-7-5-8-12-20/h3,5,7-8,11-12,21-26,33H,1,4,6,9-10,13-19H2,2H3/t22-,23+,24-,25+,26?,30?/m1/s1. The Labute approximate surface area is 225 Å². The monoisotopic (exact) mass is 524 g/mol. The lowest BCUT2D eigenvalue weighted by Crippen LogP contribution is -2.60. The zero-order valence-electron chi connectivity index (χ0n) is 22.3. The third-order valence-electron chi connectivity index (χ3n) is 9.07. The summed E-state index contributed by atoms with van der Waals surface area (Å²) >= 11 is 0. The molecule has 2 amide bonds. The Balaban J connectivity index is 1.56. The summed E-state index contributed by atoms with van der Waals surface area (Å²) in [5, 5.41) is 10.6. The molecule has 3 heterocycles. The molecule has 1 saturated carbocycles. The number of carbonyl (C=O) groups excluding carboxylic acids is 3. The van der Waals surface area contributed by atoms with Gasteiger partial charge < -0.3 is 24.4 Å². The lowest BCUT2D eigenvalue weighted by atomic mass is 9.70. The Bertz CT molecular complexity index is 1040. The van der Waals surface area contributed by atoms with Gasteiger partial charge in [-0.15, -0.1) is 6.58 Å². The van der Waals surface area contributed by atoms with E-state index in [0.29, 0.717) is 25.8 Å². The molecule has 1 aliphatic carbocycles. The van der Waals surface area contributed by atoms with Crippen molar-refractivity contribution in [3.8, 4) is 0 Å². The molecule has 38 heavy (non-hydrogen) atoms. The van der Waals surface area contributed by atoms with Crippen LogP contribution < -0.4 is 0 Å². The highest BCUT2D eigenvalue weighted by Gasteiger charge is 2.75. The maximum atomic E-state index is 14.6. The Morgan fingerprint density at radius 1 is 1.24 bits per heavy atom. The van der Waals surface area contributed by atoms with E-state index < -0.39 is 41.6 Å². The number of aliphatic hydroxyl groups is 1. The topological polar surface area (TPSA) is 96.4 Å². The molecule has 5 rings (SSSR count). The van der Waals surface area contributed by atoms with Crippen LogP contribution in [0.2, 0.25) is 0 Å². The molecule has 6 atom stereocenters.